The van der Waals surface area contributed by atoms with Gasteiger partial charge in [-0.1, -0.05) is 24.3 Å². The second-order valence-electron chi connectivity index (χ2n) is 2.79. The van der Waals surface area contributed by atoms with Crippen molar-refractivity contribution in [1.82, 2.24) is 0 Å². The molecule has 13 heavy (non-hydrogen) atoms. The summed E-state index contributed by atoms with van der Waals surface area (Å²) in [6.45, 7) is 0. The second-order valence-corrected chi connectivity index (χ2v) is 2.79. The third-order valence-corrected chi connectivity index (χ3v) is 1.97. The lowest BCUT2D eigenvalue weighted by atomic mass is 10.1. The van der Waals surface area contributed by atoms with Crippen LogP contribution in [0.15, 0.2) is 36.4 Å². The third kappa shape index (κ3) is 1.45. The normalized spacial score (nSPS) is 9.54. The Kier molecular flexibility index (Phi) is 2.47. The number of nitrogens with two attached hydrogens (primary N) is 2. The van der Waals surface area contributed by atoms with Gasteiger partial charge in [-0.15, -0.1) is 0 Å². The molecule has 0 saturated heterocycles. The molecule has 0 aromatic heterocycles. The van der Waals surface area contributed by atoms with Gasteiger partial charge in [0.05, 0.1) is 8.41 Å². The van der Waals surface area contributed by atoms with Crippen molar-refractivity contribution < 1.29 is 0 Å². The first kappa shape index (κ1) is 9.45. The van der Waals surface area contributed by atoms with Crippen LogP contribution in [-0.2, 0) is 0 Å². The molecule has 2 aromatic rings. The van der Waals surface area contributed by atoms with Crippen molar-refractivity contribution in [1.29, 1.82) is 0 Å². The average Bonchev–Trinajstić information content (AvgIpc) is 2.04. The van der Waals surface area contributed by atoms with E-state index >= 15 is 0 Å². The molecule has 2 rings (SSSR count). The average molecular weight is 172 g/mol. The summed E-state index contributed by atoms with van der Waals surface area (Å²) in [4.78, 5) is 0. The smallest absolute Gasteiger partial charge is 0.0814 e. The van der Waals surface area contributed by atoms with Gasteiger partial charge < -0.3 is 11.5 Å². The van der Waals surface area contributed by atoms with Gasteiger partial charge in [0.25, 0.3) is 0 Å². The second kappa shape index (κ2) is 3.39. The first-order valence-corrected chi connectivity index (χ1v) is 3.82. The Morgan fingerprint density at radius 2 is 1.23 bits per heavy atom. The first-order chi connectivity index (χ1) is 5.79. The lowest BCUT2D eigenvalue weighted by molar-refractivity contribution is 1.71. The molecule has 0 amide bonds. The highest BCUT2D eigenvalue weighted by Crippen LogP contribution is 2.25. The molecule has 2 aromatic carbocycles. The molecule has 0 atom stereocenters. The van der Waals surface area contributed by atoms with E-state index in [4.69, 9.17) is 11.5 Å². The van der Waals surface area contributed by atoms with Crippen LogP contribution in [0.5, 0.6) is 0 Å². The van der Waals surface area contributed by atoms with E-state index in [-0.39, 0.29) is 8.41 Å². The lowest BCUT2D eigenvalue weighted by Gasteiger charge is -2.03. The Morgan fingerprint density at radius 3 is 1.62 bits per heavy atom. The van der Waals surface area contributed by atoms with Crippen molar-refractivity contribution in [2.24, 2.45) is 0 Å². The minimum absolute atomic E-state index is 0. The fourth-order valence-corrected chi connectivity index (χ4v) is 1.40. The highest BCUT2D eigenvalue weighted by molar-refractivity contribution is 6.01. The quantitative estimate of drug-likeness (QED) is 0.456. The van der Waals surface area contributed by atoms with Gasteiger partial charge in [-0.3, -0.25) is 0 Å². The number of hydrogen-bond acceptors (Lipinski definition) is 2. The monoisotopic (exact) mass is 172 g/mol. The Morgan fingerprint density at radius 1 is 0.769 bits per heavy atom. The summed E-state index contributed by atoms with van der Waals surface area (Å²) >= 11 is 0. The third-order valence-electron chi connectivity index (χ3n) is 1.97. The summed E-state index contributed by atoms with van der Waals surface area (Å²) in [5, 5.41) is 2.05. The summed E-state index contributed by atoms with van der Waals surface area (Å²) in [5.74, 6) is 0. The molecular weight excluding hydrogens is 159 g/mol. The van der Waals surface area contributed by atoms with E-state index < -0.39 is 0 Å². The Balaban J connectivity index is 0.000000845. The Hall–Kier alpha value is -1.64. The molecule has 4 N–H and O–H groups in total. The largest absolute Gasteiger partial charge is 0.398 e. The molecule has 0 radical (unpaired) electrons. The molecule has 0 heterocycles. The minimum Gasteiger partial charge on any atom is -0.398 e. The van der Waals surface area contributed by atoms with Crippen LogP contribution in [0.2, 0.25) is 0 Å². The fourth-order valence-electron chi connectivity index (χ4n) is 1.40. The van der Waals surface area contributed by atoms with Crippen LogP contribution in [0.4, 0.5) is 11.4 Å². The topological polar surface area (TPSA) is 52.0 Å². The van der Waals surface area contributed by atoms with E-state index in [0.29, 0.717) is 0 Å². The molecule has 0 aliphatic rings. The molecule has 0 aliphatic heterocycles. The van der Waals surface area contributed by atoms with Gasteiger partial charge in [0.2, 0.25) is 0 Å². The van der Waals surface area contributed by atoms with Gasteiger partial charge in [-0.05, 0) is 17.5 Å². The minimum atomic E-state index is 0. The van der Waals surface area contributed by atoms with Gasteiger partial charge >= 0.3 is 0 Å². The molecular formula is C10H13BN2. The zero-order chi connectivity index (χ0) is 8.55. The zero-order valence-electron chi connectivity index (χ0n) is 6.62. The van der Waals surface area contributed by atoms with Crippen LogP contribution in [0.25, 0.3) is 10.8 Å². The van der Waals surface area contributed by atoms with E-state index in [0.717, 1.165) is 22.1 Å². The predicted molar refractivity (Wildman–Crippen MR) is 62.7 cm³/mol. The highest BCUT2D eigenvalue weighted by Gasteiger charge is 1.98. The number of nitrogen functional groups attached to an aromatic ring is 2. The van der Waals surface area contributed by atoms with Crippen molar-refractivity contribution in [3.8, 4) is 0 Å². The van der Waals surface area contributed by atoms with E-state index in [1.165, 1.54) is 0 Å². The van der Waals surface area contributed by atoms with E-state index in [9.17, 15) is 0 Å². The molecule has 0 spiro atoms. The van der Waals surface area contributed by atoms with Crippen LogP contribution in [0.3, 0.4) is 0 Å². The summed E-state index contributed by atoms with van der Waals surface area (Å²) in [6.07, 6.45) is 0. The number of fused-ring (bicyclic) bond motifs is 1. The number of anilines is 2. The molecule has 0 aliphatic carbocycles. The van der Waals surface area contributed by atoms with E-state index in [1.54, 1.807) is 0 Å². The van der Waals surface area contributed by atoms with Crippen molar-refractivity contribution >= 4 is 30.6 Å². The van der Waals surface area contributed by atoms with Gasteiger partial charge in [-0.25, -0.2) is 0 Å². The van der Waals surface area contributed by atoms with Crippen LogP contribution >= 0.6 is 0 Å². The van der Waals surface area contributed by atoms with Crippen LogP contribution in [0, 0.1) is 0 Å². The molecule has 3 heteroatoms. The standard InChI is InChI=1S/C10H10N2.BH3/c11-8-5-1-3-7-4-2-6-9(12)10(7)8;/h1-6H,11-12H2;1H3. The van der Waals surface area contributed by atoms with E-state index in [1.807, 2.05) is 36.4 Å². The number of benzene rings is 2. The van der Waals surface area contributed by atoms with Crippen LogP contribution in [-0.4, -0.2) is 8.41 Å². The molecule has 0 saturated carbocycles. The lowest BCUT2D eigenvalue weighted by Crippen LogP contribution is -1.91. The number of hydrogen-bond donors (Lipinski definition) is 2. The molecule has 0 unspecified atom stereocenters. The molecule has 66 valence electrons. The SMILES string of the molecule is B.Nc1cccc2cccc(N)c12. The van der Waals surface area contributed by atoms with Crippen LogP contribution in [0.1, 0.15) is 0 Å². The van der Waals surface area contributed by atoms with E-state index in [2.05, 4.69) is 0 Å². The Bertz CT molecular complexity index is 389. The van der Waals surface area contributed by atoms with Crippen LogP contribution < -0.4 is 11.5 Å². The van der Waals surface area contributed by atoms with Crippen molar-refractivity contribution in [2.75, 3.05) is 11.5 Å². The summed E-state index contributed by atoms with van der Waals surface area (Å²) in [6, 6.07) is 11.6. The summed E-state index contributed by atoms with van der Waals surface area (Å²) in [5.41, 5.74) is 13.0. The molecule has 0 bridgehead atoms. The van der Waals surface area contributed by atoms with Gasteiger partial charge in [0, 0.05) is 16.8 Å². The maximum atomic E-state index is 5.78. The predicted octanol–water partition coefficient (Wildman–Crippen LogP) is 0.820. The first-order valence-electron chi connectivity index (χ1n) is 3.82. The maximum Gasteiger partial charge on any atom is 0.0814 e. The highest BCUT2D eigenvalue weighted by atomic mass is 14.6. The molecule has 0 fully saturated rings. The maximum absolute atomic E-state index is 5.78. The summed E-state index contributed by atoms with van der Waals surface area (Å²) in [7, 11) is 0. The van der Waals surface area contributed by atoms with Crippen molar-refractivity contribution in [2.45, 2.75) is 0 Å². The fraction of sp³-hybridized carbons (Fsp3) is 0. The van der Waals surface area contributed by atoms with Gasteiger partial charge in [0.1, 0.15) is 0 Å². The van der Waals surface area contributed by atoms with Gasteiger partial charge in [0.15, 0.2) is 0 Å². The van der Waals surface area contributed by atoms with Crippen molar-refractivity contribution in [3.63, 3.8) is 0 Å². The Labute approximate surface area is 79.1 Å². The summed E-state index contributed by atoms with van der Waals surface area (Å²) < 4.78 is 0. The molecule has 2 nitrogen and oxygen atoms in total. The van der Waals surface area contributed by atoms with Gasteiger partial charge in [-0.2, -0.15) is 0 Å². The number of rotatable bonds is 0. The van der Waals surface area contributed by atoms with Crippen molar-refractivity contribution in [3.05, 3.63) is 36.4 Å². The zero-order valence-corrected chi connectivity index (χ0v) is 6.62.